The number of hydrogen-bond donors (Lipinski definition) is 1. The molecule has 1 aromatic heterocycles. The zero-order chi connectivity index (χ0) is 24.5. The quantitative estimate of drug-likeness (QED) is 0.579. The molecule has 10 heteroatoms. The van der Waals surface area contributed by atoms with Crippen LogP contribution in [0.5, 0.6) is 5.75 Å². The van der Waals surface area contributed by atoms with Gasteiger partial charge in [-0.15, -0.1) is 0 Å². The van der Waals surface area contributed by atoms with Crippen LogP contribution in [0, 0.1) is 12.8 Å². The van der Waals surface area contributed by atoms with Gasteiger partial charge in [-0.3, -0.25) is 14.3 Å². The minimum absolute atomic E-state index is 0.0545. The van der Waals surface area contributed by atoms with Gasteiger partial charge in [-0.25, -0.2) is 13.1 Å². The van der Waals surface area contributed by atoms with Crippen LogP contribution in [0.1, 0.15) is 18.5 Å². The molecule has 1 atom stereocenters. The second-order valence-electron chi connectivity index (χ2n) is 8.30. The molecule has 0 bridgehead atoms. The summed E-state index contributed by atoms with van der Waals surface area (Å²) in [6.07, 6.45) is 1.09. The maximum atomic E-state index is 13.1. The van der Waals surface area contributed by atoms with Crippen molar-refractivity contribution in [1.29, 1.82) is 0 Å². The number of ether oxygens (including phenoxy) is 1. The molecule has 0 saturated carbocycles. The van der Waals surface area contributed by atoms with Crippen LogP contribution >= 0.6 is 0 Å². The molecule has 2 heterocycles. The van der Waals surface area contributed by atoms with Gasteiger partial charge in [0.25, 0.3) is 5.56 Å². The summed E-state index contributed by atoms with van der Waals surface area (Å²) >= 11 is 0. The molecule has 1 N–H and O–H groups in total. The van der Waals surface area contributed by atoms with Gasteiger partial charge in [0, 0.05) is 20.1 Å². The molecule has 0 aliphatic carbocycles. The smallest absolute Gasteiger partial charge is 0.295 e. The number of carbonyl (C=O) groups excluding carboxylic acids is 1. The maximum Gasteiger partial charge on any atom is 0.295 e. The average molecular weight is 485 g/mol. The highest BCUT2D eigenvalue weighted by Crippen LogP contribution is 2.26. The van der Waals surface area contributed by atoms with E-state index in [-0.39, 0.29) is 28.6 Å². The fourth-order valence-electron chi connectivity index (χ4n) is 4.21. The molecule has 9 nitrogen and oxygen atoms in total. The highest BCUT2D eigenvalue weighted by atomic mass is 32.2. The van der Waals surface area contributed by atoms with Crippen molar-refractivity contribution in [2.24, 2.45) is 13.0 Å². The molecular weight excluding hydrogens is 456 g/mol. The molecule has 4 rings (SSSR count). The lowest BCUT2D eigenvalue weighted by Crippen LogP contribution is -2.44. The molecule has 1 aliphatic rings. The number of para-hydroxylation sites is 1. The van der Waals surface area contributed by atoms with Crippen molar-refractivity contribution >= 4 is 21.6 Å². The van der Waals surface area contributed by atoms with Crippen LogP contribution in [0.3, 0.4) is 0 Å². The fraction of sp³-hybridized carbons (Fsp3) is 0.333. The highest BCUT2D eigenvalue weighted by molar-refractivity contribution is 7.89. The summed E-state index contributed by atoms with van der Waals surface area (Å²) < 4.78 is 35.9. The lowest BCUT2D eigenvalue weighted by molar-refractivity contribution is -0.120. The summed E-state index contributed by atoms with van der Waals surface area (Å²) in [5.74, 6) is -0.360. The third kappa shape index (κ3) is 4.38. The first-order chi connectivity index (χ1) is 16.2. The third-order valence-corrected chi connectivity index (χ3v) is 8.13. The lowest BCUT2D eigenvalue weighted by atomic mass is 9.99. The van der Waals surface area contributed by atoms with E-state index in [1.165, 1.54) is 28.2 Å². The van der Waals surface area contributed by atoms with Crippen molar-refractivity contribution in [2.45, 2.75) is 24.7 Å². The number of piperidine rings is 1. The van der Waals surface area contributed by atoms with Crippen LogP contribution in [0.25, 0.3) is 5.69 Å². The van der Waals surface area contributed by atoms with E-state index in [1.807, 2.05) is 30.3 Å². The van der Waals surface area contributed by atoms with Crippen LogP contribution < -0.4 is 15.6 Å². The molecule has 34 heavy (non-hydrogen) atoms. The number of amides is 1. The number of rotatable bonds is 6. The first kappa shape index (κ1) is 23.8. The van der Waals surface area contributed by atoms with E-state index in [9.17, 15) is 18.0 Å². The largest absolute Gasteiger partial charge is 0.497 e. The van der Waals surface area contributed by atoms with E-state index in [0.29, 0.717) is 36.5 Å². The standard InChI is InChI=1S/C24H28N4O5S/c1-17-22(24(30)28(26(17)2)19-9-5-4-6-10-19)25-23(29)18-8-7-15-27(16-18)34(31,32)21-13-11-20(33-3)12-14-21/h4-6,9-14,18H,7-8,15-16H2,1-3H3,(H,25,29). The number of anilines is 1. The van der Waals surface area contributed by atoms with Gasteiger partial charge < -0.3 is 10.1 Å². The Morgan fingerprint density at radius 3 is 2.41 bits per heavy atom. The average Bonchev–Trinajstić information content (AvgIpc) is 3.07. The summed E-state index contributed by atoms with van der Waals surface area (Å²) in [7, 11) is -0.486. The third-order valence-electron chi connectivity index (χ3n) is 6.25. The second kappa shape index (κ2) is 9.47. The van der Waals surface area contributed by atoms with Gasteiger partial charge in [-0.2, -0.15) is 4.31 Å². The lowest BCUT2D eigenvalue weighted by Gasteiger charge is -2.31. The molecule has 1 unspecified atom stereocenters. The molecule has 1 amide bonds. The van der Waals surface area contributed by atoms with E-state index in [1.54, 1.807) is 30.8 Å². The molecule has 0 spiro atoms. The fourth-order valence-corrected chi connectivity index (χ4v) is 5.73. The Hall–Kier alpha value is -3.37. The zero-order valence-electron chi connectivity index (χ0n) is 19.4. The Kier molecular flexibility index (Phi) is 6.63. The number of carbonyl (C=O) groups is 1. The van der Waals surface area contributed by atoms with E-state index in [4.69, 9.17) is 4.74 Å². The van der Waals surface area contributed by atoms with E-state index < -0.39 is 15.9 Å². The number of sulfonamides is 1. The Morgan fingerprint density at radius 2 is 1.76 bits per heavy atom. The predicted molar refractivity (Wildman–Crippen MR) is 129 cm³/mol. The van der Waals surface area contributed by atoms with Crippen LogP contribution in [0.2, 0.25) is 0 Å². The number of benzene rings is 2. The van der Waals surface area contributed by atoms with Crippen molar-refractivity contribution in [3.63, 3.8) is 0 Å². The number of methoxy groups -OCH3 is 1. The molecular formula is C24H28N4O5S. The van der Waals surface area contributed by atoms with Gasteiger partial charge in [-0.05, 0) is 56.2 Å². The van der Waals surface area contributed by atoms with Crippen molar-refractivity contribution in [3.05, 3.63) is 70.6 Å². The molecule has 1 fully saturated rings. The first-order valence-electron chi connectivity index (χ1n) is 11.0. The molecule has 1 aliphatic heterocycles. The van der Waals surface area contributed by atoms with Gasteiger partial charge in [0.1, 0.15) is 11.4 Å². The second-order valence-corrected chi connectivity index (χ2v) is 10.2. The number of aromatic nitrogens is 2. The van der Waals surface area contributed by atoms with Crippen molar-refractivity contribution < 1.29 is 17.9 Å². The molecule has 2 aromatic carbocycles. The van der Waals surface area contributed by atoms with Gasteiger partial charge in [0.15, 0.2) is 0 Å². The first-order valence-corrected chi connectivity index (χ1v) is 12.5. The van der Waals surface area contributed by atoms with Crippen LogP contribution in [-0.2, 0) is 21.9 Å². The number of nitrogens with zero attached hydrogens (tertiary/aromatic N) is 3. The number of hydrogen-bond acceptors (Lipinski definition) is 5. The minimum atomic E-state index is -3.75. The van der Waals surface area contributed by atoms with E-state index in [0.717, 1.165) is 0 Å². The Balaban J connectivity index is 1.54. The minimum Gasteiger partial charge on any atom is -0.497 e. The van der Waals surface area contributed by atoms with Gasteiger partial charge >= 0.3 is 0 Å². The van der Waals surface area contributed by atoms with E-state index >= 15 is 0 Å². The normalized spacial score (nSPS) is 16.9. The Morgan fingerprint density at radius 1 is 1.09 bits per heavy atom. The van der Waals surface area contributed by atoms with Crippen molar-refractivity contribution in [3.8, 4) is 11.4 Å². The highest BCUT2D eigenvalue weighted by Gasteiger charge is 2.34. The summed E-state index contributed by atoms with van der Waals surface area (Å²) in [6, 6.07) is 15.3. The zero-order valence-corrected chi connectivity index (χ0v) is 20.2. The van der Waals surface area contributed by atoms with E-state index in [2.05, 4.69) is 5.32 Å². The maximum absolute atomic E-state index is 13.1. The van der Waals surface area contributed by atoms with Crippen LogP contribution in [0.4, 0.5) is 5.69 Å². The molecule has 0 radical (unpaired) electrons. The molecule has 1 saturated heterocycles. The summed E-state index contributed by atoms with van der Waals surface area (Å²) in [6.45, 7) is 2.15. The van der Waals surface area contributed by atoms with Crippen molar-refractivity contribution in [2.75, 3.05) is 25.5 Å². The number of nitrogens with one attached hydrogen (secondary N) is 1. The summed E-state index contributed by atoms with van der Waals surface area (Å²) in [4.78, 5) is 26.4. The molecule has 3 aromatic rings. The van der Waals surface area contributed by atoms with Gasteiger partial charge in [-0.1, -0.05) is 18.2 Å². The summed E-state index contributed by atoms with van der Waals surface area (Å²) in [5, 5.41) is 2.77. The Labute approximate surface area is 198 Å². The van der Waals surface area contributed by atoms with Gasteiger partial charge in [0.05, 0.1) is 29.3 Å². The topological polar surface area (TPSA) is 103 Å². The monoisotopic (exact) mass is 484 g/mol. The van der Waals surface area contributed by atoms with Crippen molar-refractivity contribution in [1.82, 2.24) is 13.7 Å². The van der Waals surface area contributed by atoms with Gasteiger partial charge in [0.2, 0.25) is 15.9 Å². The summed E-state index contributed by atoms with van der Waals surface area (Å²) in [5.41, 5.74) is 1.17. The Bertz CT molecular complexity index is 1340. The molecule has 180 valence electrons. The van der Waals surface area contributed by atoms with Crippen LogP contribution in [-0.4, -0.2) is 48.2 Å². The predicted octanol–water partition coefficient (Wildman–Crippen LogP) is 2.53. The SMILES string of the molecule is COc1ccc(S(=O)(=O)N2CCCC(C(=O)Nc3c(C)n(C)n(-c4ccccc4)c3=O)C2)cc1. The van der Waals surface area contributed by atoms with Crippen LogP contribution in [0.15, 0.2) is 64.3 Å².